The third-order valence-electron chi connectivity index (χ3n) is 2.77. The third kappa shape index (κ3) is 3.23. The van der Waals surface area contributed by atoms with E-state index in [1.54, 1.807) is 0 Å². The molecule has 6 heteroatoms. The standard InChI is InChI=1S/C14H13NO5/c16-13(17)11-12(14(18)19)20-10(15-11)8-4-7-9-5-2-1-3-6-9/h1-3,5-6H,4,7-8H2,(H,16,17)(H,18,19). The van der Waals surface area contributed by atoms with Crippen molar-refractivity contribution in [2.24, 2.45) is 0 Å². The maximum absolute atomic E-state index is 10.8. The zero-order valence-electron chi connectivity index (χ0n) is 10.6. The van der Waals surface area contributed by atoms with Crippen LogP contribution in [-0.2, 0) is 12.8 Å². The highest BCUT2D eigenvalue weighted by Crippen LogP contribution is 2.14. The van der Waals surface area contributed by atoms with Gasteiger partial charge in [0.1, 0.15) is 0 Å². The molecule has 0 bridgehead atoms. The summed E-state index contributed by atoms with van der Waals surface area (Å²) in [5, 5.41) is 17.7. The molecule has 6 nitrogen and oxygen atoms in total. The lowest BCUT2D eigenvalue weighted by Crippen LogP contribution is -2.05. The predicted molar refractivity (Wildman–Crippen MR) is 68.9 cm³/mol. The van der Waals surface area contributed by atoms with Crippen LogP contribution >= 0.6 is 0 Å². The molecule has 0 radical (unpaired) electrons. The molecule has 104 valence electrons. The van der Waals surface area contributed by atoms with Gasteiger partial charge in [-0.25, -0.2) is 14.6 Å². The normalized spacial score (nSPS) is 10.4. The molecule has 2 aromatic rings. The Morgan fingerprint density at radius 1 is 1.05 bits per heavy atom. The SMILES string of the molecule is O=C(O)c1nc(CCCc2ccccc2)oc1C(=O)O. The average Bonchev–Trinajstić information content (AvgIpc) is 2.85. The number of aryl methyl sites for hydroxylation is 2. The van der Waals surface area contributed by atoms with E-state index in [0.717, 1.165) is 12.0 Å². The number of carboxylic acid groups (broad SMARTS) is 2. The largest absolute Gasteiger partial charge is 0.476 e. The van der Waals surface area contributed by atoms with Crippen LogP contribution in [0.25, 0.3) is 0 Å². The van der Waals surface area contributed by atoms with E-state index in [1.165, 1.54) is 0 Å². The molecule has 1 aromatic heterocycles. The van der Waals surface area contributed by atoms with Gasteiger partial charge in [-0.1, -0.05) is 30.3 Å². The Bertz CT molecular complexity index is 586. The molecule has 2 N–H and O–H groups in total. The summed E-state index contributed by atoms with van der Waals surface area (Å²) in [7, 11) is 0. The second-order valence-corrected chi connectivity index (χ2v) is 4.23. The number of benzene rings is 1. The molecule has 0 aliphatic heterocycles. The van der Waals surface area contributed by atoms with Crippen LogP contribution in [0, 0.1) is 0 Å². The third-order valence-corrected chi connectivity index (χ3v) is 2.77. The van der Waals surface area contributed by atoms with Gasteiger partial charge in [-0.2, -0.15) is 0 Å². The summed E-state index contributed by atoms with van der Waals surface area (Å²) < 4.78 is 4.98. The van der Waals surface area contributed by atoms with Crippen LogP contribution in [0.15, 0.2) is 34.7 Å². The lowest BCUT2D eigenvalue weighted by molar-refractivity contribution is 0.0623. The molecule has 0 unspecified atom stereocenters. The molecular formula is C14H13NO5. The Balaban J connectivity index is 2.01. The molecule has 1 heterocycles. The fraction of sp³-hybridized carbons (Fsp3) is 0.214. The minimum atomic E-state index is -1.43. The van der Waals surface area contributed by atoms with E-state index in [0.29, 0.717) is 12.8 Å². The summed E-state index contributed by atoms with van der Waals surface area (Å²) in [6.45, 7) is 0. The first-order valence-corrected chi connectivity index (χ1v) is 6.08. The van der Waals surface area contributed by atoms with Crippen LogP contribution in [0.3, 0.4) is 0 Å². The van der Waals surface area contributed by atoms with Gasteiger partial charge in [0.2, 0.25) is 11.5 Å². The Labute approximate surface area is 114 Å². The quantitative estimate of drug-likeness (QED) is 0.838. The van der Waals surface area contributed by atoms with Crippen molar-refractivity contribution in [1.82, 2.24) is 4.98 Å². The first kappa shape index (κ1) is 13.8. The second kappa shape index (κ2) is 6.01. The van der Waals surface area contributed by atoms with Crippen LogP contribution in [0.4, 0.5) is 0 Å². The van der Waals surface area contributed by atoms with Crippen molar-refractivity contribution in [2.45, 2.75) is 19.3 Å². The monoisotopic (exact) mass is 275 g/mol. The van der Waals surface area contributed by atoms with E-state index >= 15 is 0 Å². The van der Waals surface area contributed by atoms with Gasteiger partial charge in [0.15, 0.2) is 5.89 Å². The van der Waals surface area contributed by atoms with Crippen molar-refractivity contribution in [2.75, 3.05) is 0 Å². The molecular weight excluding hydrogens is 262 g/mol. The molecule has 0 aliphatic rings. The summed E-state index contributed by atoms with van der Waals surface area (Å²) in [5.74, 6) is -3.31. The highest BCUT2D eigenvalue weighted by Gasteiger charge is 2.24. The smallest absolute Gasteiger partial charge is 0.374 e. The summed E-state index contributed by atoms with van der Waals surface area (Å²) in [5.41, 5.74) is 0.600. The van der Waals surface area contributed by atoms with Gasteiger partial charge in [0.25, 0.3) is 0 Å². The van der Waals surface area contributed by atoms with Gasteiger partial charge in [-0.15, -0.1) is 0 Å². The number of aromatic carboxylic acids is 2. The van der Waals surface area contributed by atoms with Crippen LogP contribution in [-0.4, -0.2) is 27.1 Å². The lowest BCUT2D eigenvalue weighted by atomic mass is 10.1. The minimum Gasteiger partial charge on any atom is -0.476 e. The van der Waals surface area contributed by atoms with Gasteiger partial charge in [0, 0.05) is 6.42 Å². The zero-order valence-corrected chi connectivity index (χ0v) is 10.6. The number of nitrogens with zero attached hydrogens (tertiary/aromatic N) is 1. The Hall–Kier alpha value is -2.63. The number of rotatable bonds is 6. The number of aromatic nitrogens is 1. The number of hydrogen-bond acceptors (Lipinski definition) is 4. The average molecular weight is 275 g/mol. The van der Waals surface area contributed by atoms with Crippen molar-refractivity contribution < 1.29 is 24.2 Å². The highest BCUT2D eigenvalue weighted by molar-refractivity contribution is 5.98. The molecule has 0 fully saturated rings. The number of carboxylic acids is 2. The molecule has 20 heavy (non-hydrogen) atoms. The van der Waals surface area contributed by atoms with Crippen LogP contribution in [0.2, 0.25) is 0 Å². The molecule has 0 saturated heterocycles. The van der Waals surface area contributed by atoms with E-state index in [4.69, 9.17) is 14.6 Å². The van der Waals surface area contributed by atoms with Gasteiger partial charge in [-0.3, -0.25) is 0 Å². The van der Waals surface area contributed by atoms with Crippen molar-refractivity contribution in [1.29, 1.82) is 0 Å². The number of hydrogen-bond donors (Lipinski definition) is 2. The first-order chi connectivity index (χ1) is 9.58. The maximum atomic E-state index is 10.8. The Morgan fingerprint density at radius 3 is 2.30 bits per heavy atom. The lowest BCUT2D eigenvalue weighted by Gasteiger charge is -1.98. The fourth-order valence-electron chi connectivity index (χ4n) is 1.85. The topological polar surface area (TPSA) is 101 Å². The fourth-order valence-corrected chi connectivity index (χ4v) is 1.85. The van der Waals surface area contributed by atoms with Crippen molar-refractivity contribution in [3.8, 4) is 0 Å². The Morgan fingerprint density at radius 2 is 1.75 bits per heavy atom. The number of oxazole rings is 1. The van der Waals surface area contributed by atoms with Crippen molar-refractivity contribution in [3.63, 3.8) is 0 Å². The van der Waals surface area contributed by atoms with E-state index < -0.39 is 23.4 Å². The van der Waals surface area contributed by atoms with Gasteiger partial charge >= 0.3 is 11.9 Å². The maximum Gasteiger partial charge on any atom is 0.374 e. The number of carbonyl (C=O) groups is 2. The zero-order chi connectivity index (χ0) is 14.5. The molecule has 2 rings (SSSR count). The molecule has 0 atom stereocenters. The second-order valence-electron chi connectivity index (χ2n) is 4.23. The summed E-state index contributed by atoms with van der Waals surface area (Å²) in [6.07, 6.45) is 1.87. The van der Waals surface area contributed by atoms with Crippen LogP contribution in [0.1, 0.15) is 38.9 Å². The van der Waals surface area contributed by atoms with E-state index in [2.05, 4.69) is 4.98 Å². The Kier molecular flexibility index (Phi) is 4.14. The van der Waals surface area contributed by atoms with Crippen molar-refractivity contribution in [3.05, 3.63) is 53.2 Å². The van der Waals surface area contributed by atoms with Crippen molar-refractivity contribution >= 4 is 11.9 Å². The molecule has 0 amide bonds. The molecule has 0 spiro atoms. The summed E-state index contributed by atoms with van der Waals surface area (Å²) >= 11 is 0. The van der Waals surface area contributed by atoms with E-state index in [1.807, 2.05) is 30.3 Å². The predicted octanol–water partition coefficient (Wildman–Crippen LogP) is 2.25. The molecule has 0 saturated carbocycles. The van der Waals surface area contributed by atoms with E-state index in [-0.39, 0.29) is 5.89 Å². The van der Waals surface area contributed by atoms with Gasteiger partial charge < -0.3 is 14.6 Å². The minimum absolute atomic E-state index is 0.135. The summed E-state index contributed by atoms with van der Waals surface area (Å²) in [4.78, 5) is 25.4. The highest BCUT2D eigenvalue weighted by atomic mass is 16.4. The first-order valence-electron chi connectivity index (χ1n) is 6.08. The van der Waals surface area contributed by atoms with Crippen LogP contribution in [0.5, 0.6) is 0 Å². The molecule has 1 aromatic carbocycles. The summed E-state index contributed by atoms with van der Waals surface area (Å²) in [6, 6.07) is 9.77. The van der Waals surface area contributed by atoms with Gasteiger partial charge in [-0.05, 0) is 18.4 Å². The molecule has 0 aliphatic carbocycles. The van der Waals surface area contributed by atoms with Crippen LogP contribution < -0.4 is 0 Å². The van der Waals surface area contributed by atoms with Gasteiger partial charge in [0.05, 0.1) is 0 Å². The van der Waals surface area contributed by atoms with E-state index in [9.17, 15) is 9.59 Å².